The number of hydrogen-bond donors (Lipinski definition) is 2. The van der Waals surface area contributed by atoms with Gasteiger partial charge in [0.05, 0.1) is 7.11 Å². The molecular weight excluding hydrogens is 418 g/mol. The molecule has 1 amide bonds. The zero-order valence-corrected chi connectivity index (χ0v) is 17.0. The van der Waals surface area contributed by atoms with E-state index < -0.39 is 16.6 Å². The molecule has 2 rings (SSSR count). The minimum Gasteiger partial charge on any atom is -0.493 e. The lowest BCUT2D eigenvalue weighted by molar-refractivity contribution is -0.121. The van der Waals surface area contributed by atoms with E-state index >= 15 is 0 Å². The minimum absolute atomic E-state index is 0.0673. The van der Waals surface area contributed by atoms with Gasteiger partial charge in [-0.2, -0.15) is 8.78 Å². The third-order valence-electron chi connectivity index (χ3n) is 3.83. The summed E-state index contributed by atoms with van der Waals surface area (Å²) in [6, 6.07) is 13.2. The highest BCUT2D eigenvalue weighted by Crippen LogP contribution is 2.29. The molecule has 0 spiro atoms. The molecule has 0 fully saturated rings. The highest BCUT2D eigenvalue weighted by atomic mass is 32.2. The van der Waals surface area contributed by atoms with E-state index in [0.717, 1.165) is 11.0 Å². The molecule has 0 bridgehead atoms. The van der Waals surface area contributed by atoms with E-state index in [1.807, 2.05) is 6.07 Å². The summed E-state index contributed by atoms with van der Waals surface area (Å²) in [4.78, 5) is 11.9. The molecule has 0 aliphatic rings. The summed E-state index contributed by atoms with van der Waals surface area (Å²) in [5.74, 6) is -0.378. The van der Waals surface area contributed by atoms with Gasteiger partial charge in [-0.1, -0.05) is 36.4 Å². The van der Waals surface area contributed by atoms with Crippen LogP contribution in [0.25, 0.3) is 6.08 Å². The molecule has 0 heterocycles. The fourth-order valence-electron chi connectivity index (χ4n) is 2.39. The van der Waals surface area contributed by atoms with Gasteiger partial charge in [0, 0.05) is 24.9 Å². The maximum atomic E-state index is 12.3. The molecule has 2 aromatic rings. The fourth-order valence-corrected chi connectivity index (χ4v) is 3.21. The molecule has 0 aromatic heterocycles. The van der Waals surface area contributed by atoms with Crippen LogP contribution in [-0.4, -0.2) is 34.6 Å². The summed E-state index contributed by atoms with van der Waals surface area (Å²) < 4.78 is 60.2. The molecule has 2 aromatic carbocycles. The molecule has 2 N–H and O–H groups in total. The predicted molar refractivity (Wildman–Crippen MR) is 108 cm³/mol. The van der Waals surface area contributed by atoms with Crippen LogP contribution in [0, 0.1) is 0 Å². The third-order valence-corrected chi connectivity index (χ3v) is 4.93. The van der Waals surface area contributed by atoms with Gasteiger partial charge >= 0.3 is 6.61 Å². The Bertz CT molecular complexity index is 966. The van der Waals surface area contributed by atoms with Crippen molar-refractivity contribution in [2.75, 3.05) is 13.7 Å². The first-order valence-corrected chi connectivity index (χ1v) is 10.4. The second kappa shape index (κ2) is 11.3. The second-order valence-electron chi connectivity index (χ2n) is 6.04. The first-order chi connectivity index (χ1) is 14.3. The number of nitrogens with one attached hydrogen (secondary N) is 2. The maximum absolute atomic E-state index is 12.3. The summed E-state index contributed by atoms with van der Waals surface area (Å²) in [6.45, 7) is -2.93. The summed E-state index contributed by atoms with van der Waals surface area (Å²) in [6.07, 6.45) is 1.39. The zero-order valence-electron chi connectivity index (χ0n) is 16.2. The maximum Gasteiger partial charge on any atom is 0.387 e. The van der Waals surface area contributed by atoms with Crippen LogP contribution < -0.4 is 19.5 Å². The van der Waals surface area contributed by atoms with Crippen LogP contribution in [0.5, 0.6) is 11.5 Å². The van der Waals surface area contributed by atoms with Crippen molar-refractivity contribution in [3.05, 3.63) is 65.1 Å². The van der Waals surface area contributed by atoms with Crippen molar-refractivity contribution in [2.45, 2.75) is 19.6 Å². The first-order valence-electron chi connectivity index (χ1n) is 8.90. The Balaban J connectivity index is 1.79. The van der Waals surface area contributed by atoms with E-state index in [-0.39, 0.29) is 36.9 Å². The van der Waals surface area contributed by atoms with Gasteiger partial charge in [0.2, 0.25) is 15.9 Å². The second-order valence-corrected chi connectivity index (χ2v) is 7.69. The number of rotatable bonds is 11. The average Bonchev–Trinajstić information content (AvgIpc) is 2.72. The smallest absolute Gasteiger partial charge is 0.387 e. The summed E-state index contributed by atoms with van der Waals surface area (Å²) in [7, 11) is -2.35. The molecule has 10 heteroatoms. The number of carbonyl (C=O) groups is 1. The Morgan fingerprint density at radius 1 is 1.13 bits per heavy atom. The van der Waals surface area contributed by atoms with Gasteiger partial charge in [-0.15, -0.1) is 0 Å². The topological polar surface area (TPSA) is 93.7 Å². The van der Waals surface area contributed by atoms with Crippen molar-refractivity contribution in [1.82, 2.24) is 10.0 Å². The summed E-state index contributed by atoms with van der Waals surface area (Å²) >= 11 is 0. The Kier molecular flexibility index (Phi) is 8.75. The van der Waals surface area contributed by atoms with Crippen LogP contribution in [0.15, 0.2) is 53.9 Å². The average molecular weight is 440 g/mol. The first kappa shape index (κ1) is 23.3. The molecular formula is C20H22F2N2O5S. The number of amides is 1. The van der Waals surface area contributed by atoms with Gasteiger partial charge in [-0.05, 0) is 29.3 Å². The largest absolute Gasteiger partial charge is 0.493 e. The molecule has 7 nitrogen and oxygen atoms in total. The van der Waals surface area contributed by atoms with Crippen LogP contribution >= 0.6 is 0 Å². The van der Waals surface area contributed by atoms with Crippen LogP contribution in [0.3, 0.4) is 0 Å². The van der Waals surface area contributed by atoms with Gasteiger partial charge in [-0.3, -0.25) is 4.79 Å². The van der Waals surface area contributed by atoms with Crippen molar-refractivity contribution in [2.24, 2.45) is 0 Å². The van der Waals surface area contributed by atoms with Gasteiger partial charge < -0.3 is 14.8 Å². The molecule has 0 radical (unpaired) electrons. The molecule has 0 aliphatic heterocycles. The minimum atomic E-state index is -3.67. The number of methoxy groups -OCH3 is 1. The quantitative estimate of drug-likeness (QED) is 0.561. The highest BCUT2D eigenvalue weighted by Gasteiger charge is 2.12. The van der Waals surface area contributed by atoms with Crippen molar-refractivity contribution >= 4 is 22.0 Å². The molecule has 30 heavy (non-hydrogen) atoms. The summed E-state index contributed by atoms with van der Waals surface area (Å²) in [5, 5.41) is 3.66. The summed E-state index contributed by atoms with van der Waals surface area (Å²) in [5.41, 5.74) is 1.34. The number of alkyl halides is 2. The predicted octanol–water partition coefficient (Wildman–Crippen LogP) is 2.89. The van der Waals surface area contributed by atoms with Crippen LogP contribution in [-0.2, 0) is 21.4 Å². The molecule has 0 saturated heterocycles. The van der Waals surface area contributed by atoms with Gasteiger partial charge in [-0.25, -0.2) is 13.1 Å². The number of benzene rings is 2. The van der Waals surface area contributed by atoms with E-state index in [4.69, 9.17) is 4.74 Å². The molecule has 0 aliphatic carbocycles. The van der Waals surface area contributed by atoms with Crippen molar-refractivity contribution in [1.29, 1.82) is 0 Å². The van der Waals surface area contributed by atoms with Crippen LogP contribution in [0.2, 0.25) is 0 Å². The van der Waals surface area contributed by atoms with Crippen LogP contribution in [0.1, 0.15) is 17.5 Å². The Hall–Kier alpha value is -2.98. The standard InChI is InChI=1S/C20H22F2N2O5S/c1-28-18-13-16(7-8-17(18)29-20(21)22)14-23-19(25)9-11-24-30(26,27)12-10-15-5-3-2-4-6-15/h2-8,10,12-13,20,24H,9,11,14H2,1H3,(H,23,25)/b12-10+. The number of halogens is 2. The molecule has 162 valence electrons. The van der Waals surface area contributed by atoms with Crippen molar-refractivity contribution in [3.63, 3.8) is 0 Å². The number of ether oxygens (including phenoxy) is 2. The fraction of sp³-hybridized carbons (Fsp3) is 0.250. The normalized spacial score (nSPS) is 11.6. The number of carbonyl (C=O) groups excluding carboxylic acids is 1. The molecule has 0 unspecified atom stereocenters. The Morgan fingerprint density at radius 3 is 2.53 bits per heavy atom. The molecule has 0 saturated carbocycles. The van der Waals surface area contributed by atoms with E-state index in [1.165, 1.54) is 31.4 Å². The highest BCUT2D eigenvalue weighted by molar-refractivity contribution is 7.92. The lowest BCUT2D eigenvalue weighted by Crippen LogP contribution is -2.29. The van der Waals surface area contributed by atoms with Gasteiger partial charge in [0.15, 0.2) is 11.5 Å². The van der Waals surface area contributed by atoms with E-state index in [9.17, 15) is 22.0 Å². The number of sulfonamides is 1. The van der Waals surface area contributed by atoms with E-state index in [2.05, 4.69) is 14.8 Å². The lowest BCUT2D eigenvalue weighted by atomic mass is 10.2. The lowest BCUT2D eigenvalue weighted by Gasteiger charge is -2.12. The van der Waals surface area contributed by atoms with Gasteiger partial charge in [0.1, 0.15) is 0 Å². The monoisotopic (exact) mass is 440 g/mol. The Morgan fingerprint density at radius 2 is 1.87 bits per heavy atom. The van der Waals surface area contributed by atoms with Crippen LogP contribution in [0.4, 0.5) is 8.78 Å². The van der Waals surface area contributed by atoms with Gasteiger partial charge in [0.25, 0.3) is 0 Å². The van der Waals surface area contributed by atoms with E-state index in [0.29, 0.717) is 5.56 Å². The van der Waals surface area contributed by atoms with E-state index in [1.54, 1.807) is 24.3 Å². The number of hydrogen-bond acceptors (Lipinski definition) is 5. The van der Waals surface area contributed by atoms with Crippen molar-refractivity contribution in [3.8, 4) is 11.5 Å². The zero-order chi connectivity index (χ0) is 22.0. The molecule has 0 atom stereocenters. The third kappa shape index (κ3) is 8.18. The van der Waals surface area contributed by atoms with Crippen molar-refractivity contribution < 1.29 is 31.5 Å². The SMILES string of the molecule is COc1cc(CNC(=O)CCNS(=O)(=O)/C=C/c2ccccc2)ccc1OC(F)F. The Labute approximate surface area is 173 Å².